The minimum Gasteiger partial charge on any atom is -0.390 e. The minimum absolute atomic E-state index is 0.109. The highest BCUT2D eigenvalue weighted by Crippen LogP contribution is 2.26. The van der Waals surface area contributed by atoms with Crippen molar-refractivity contribution in [3.8, 4) is 0 Å². The van der Waals surface area contributed by atoms with Gasteiger partial charge in [0.05, 0.1) is 11.2 Å². The van der Waals surface area contributed by atoms with E-state index in [0.717, 1.165) is 12.8 Å². The number of aliphatic hydroxyl groups is 1. The predicted octanol–water partition coefficient (Wildman–Crippen LogP) is 2.35. The Balaban J connectivity index is 0.000000171. The molecule has 0 amide bonds. The van der Waals surface area contributed by atoms with E-state index >= 15 is 0 Å². The fraction of sp³-hybridized carbons (Fsp3) is 0.538. The molecule has 1 aliphatic rings. The van der Waals surface area contributed by atoms with E-state index < -0.39 is 5.97 Å². The molecule has 0 unspecified atom stereocenters. The molecule has 1 aliphatic carbocycles. The molecule has 4 nitrogen and oxygen atoms in total. The summed E-state index contributed by atoms with van der Waals surface area (Å²) in [5.74, 6) is -1.19. The van der Waals surface area contributed by atoms with E-state index in [1.807, 2.05) is 6.92 Å². The lowest BCUT2D eigenvalue weighted by Gasteiger charge is -2.27. The van der Waals surface area contributed by atoms with Crippen LogP contribution in [0.5, 0.6) is 0 Å². The van der Waals surface area contributed by atoms with Crippen LogP contribution in [0.15, 0.2) is 24.5 Å². The van der Waals surface area contributed by atoms with Gasteiger partial charge < -0.3 is 5.11 Å². The van der Waals surface area contributed by atoms with Gasteiger partial charge in [0.15, 0.2) is 0 Å². The van der Waals surface area contributed by atoms with Crippen molar-refractivity contribution in [1.29, 1.82) is 0 Å². The number of aromatic nitrogens is 1. The van der Waals surface area contributed by atoms with Crippen molar-refractivity contribution in [3.63, 3.8) is 0 Å². The Morgan fingerprint density at radius 2 is 2.00 bits per heavy atom. The van der Waals surface area contributed by atoms with Crippen LogP contribution in [-0.2, 0) is 5.11 Å². The Hall–Kier alpha value is -1.42. The van der Waals surface area contributed by atoms with Crippen LogP contribution in [0, 0.1) is 0 Å². The summed E-state index contributed by atoms with van der Waals surface area (Å²) in [5.41, 5.74) is -0.212. The number of pyridine rings is 1. The smallest absolute Gasteiger partial charge is 0.387 e. The largest absolute Gasteiger partial charge is 0.390 e. The molecule has 1 saturated carbocycles. The second kappa shape index (κ2) is 6.35. The molecule has 93 valence electrons. The zero-order valence-electron chi connectivity index (χ0n) is 10.1. The lowest BCUT2D eigenvalue weighted by molar-refractivity contribution is 0.0225. The van der Waals surface area contributed by atoms with Crippen LogP contribution in [0.1, 0.15) is 49.4 Å². The molecule has 0 bridgehead atoms. The maximum absolute atomic E-state index is 10.0. The van der Waals surface area contributed by atoms with Crippen molar-refractivity contribution in [2.24, 2.45) is 0 Å². The average molecular weight is 236 g/mol. The standard InChI is InChI=1S/C7H14O.C6H4NO2/c1-7(8)5-3-2-4-6-7;8-6(9)5-2-1-3-7-4-5/h8H,2-6H2,1H3;1-4H. The van der Waals surface area contributed by atoms with Gasteiger partial charge in [0.25, 0.3) is 0 Å². The lowest BCUT2D eigenvalue weighted by Crippen LogP contribution is -2.26. The first-order chi connectivity index (χ1) is 8.01. The molecular weight excluding hydrogens is 218 g/mol. The Morgan fingerprint density at radius 1 is 1.35 bits per heavy atom. The molecule has 2 rings (SSSR count). The van der Waals surface area contributed by atoms with Crippen LogP contribution in [0.2, 0.25) is 0 Å². The summed E-state index contributed by atoms with van der Waals surface area (Å²) >= 11 is 0. The summed E-state index contributed by atoms with van der Waals surface area (Å²) in [6.07, 6.45) is 8.51. The van der Waals surface area contributed by atoms with Gasteiger partial charge in [-0.2, -0.15) is 0 Å². The molecule has 1 heterocycles. The molecule has 0 saturated heterocycles. The number of hydrogen-bond donors (Lipinski definition) is 1. The molecule has 0 aromatic carbocycles. The number of rotatable bonds is 1. The zero-order valence-corrected chi connectivity index (χ0v) is 10.1. The lowest BCUT2D eigenvalue weighted by atomic mass is 9.87. The summed E-state index contributed by atoms with van der Waals surface area (Å²) < 4.78 is 0. The van der Waals surface area contributed by atoms with E-state index in [2.05, 4.69) is 4.98 Å². The molecule has 0 spiro atoms. The molecule has 17 heavy (non-hydrogen) atoms. The molecule has 0 aliphatic heterocycles. The van der Waals surface area contributed by atoms with Gasteiger partial charge in [-0.3, -0.25) is 4.98 Å². The van der Waals surface area contributed by atoms with Crippen LogP contribution in [0.4, 0.5) is 0 Å². The van der Waals surface area contributed by atoms with E-state index in [-0.39, 0.29) is 11.2 Å². The molecule has 4 heteroatoms. The highest BCUT2D eigenvalue weighted by molar-refractivity contribution is 5.86. The summed E-state index contributed by atoms with van der Waals surface area (Å²) in [6, 6.07) is 2.98. The highest BCUT2D eigenvalue weighted by atomic mass is 16.4. The third-order valence-electron chi connectivity index (χ3n) is 2.83. The number of carbonyl (C=O) groups excluding carboxylic acids is 1. The first-order valence-electron chi connectivity index (χ1n) is 5.85. The van der Waals surface area contributed by atoms with E-state index in [0.29, 0.717) is 0 Å². The van der Waals surface area contributed by atoms with Crippen molar-refractivity contribution < 1.29 is 15.0 Å². The topological polar surface area (TPSA) is 70.1 Å². The maximum Gasteiger partial charge on any atom is 0.387 e. The molecule has 1 aromatic heterocycles. The Kier molecular flexibility index (Phi) is 5.10. The quantitative estimate of drug-likeness (QED) is 0.813. The maximum atomic E-state index is 10.0. The number of nitrogens with zero attached hydrogens (tertiary/aromatic N) is 1. The fourth-order valence-electron chi connectivity index (χ4n) is 1.80. The second-order valence-electron chi connectivity index (χ2n) is 4.59. The monoisotopic (exact) mass is 236 g/mol. The predicted molar refractivity (Wildman–Crippen MR) is 63.0 cm³/mol. The van der Waals surface area contributed by atoms with Crippen LogP contribution in [-0.4, -0.2) is 21.7 Å². The minimum atomic E-state index is -1.19. The molecular formula is C13H18NO3. The summed E-state index contributed by atoms with van der Waals surface area (Å²) in [6.45, 7) is 1.94. The van der Waals surface area contributed by atoms with Crippen molar-refractivity contribution in [2.45, 2.75) is 44.6 Å². The Bertz CT molecular complexity index is 341. The third-order valence-corrected chi connectivity index (χ3v) is 2.83. The zero-order chi connectivity index (χ0) is 12.7. The number of carbonyl (C=O) groups is 1. The molecule has 1 aromatic rings. The van der Waals surface area contributed by atoms with Gasteiger partial charge in [-0.05, 0) is 31.9 Å². The van der Waals surface area contributed by atoms with Gasteiger partial charge >= 0.3 is 5.97 Å². The Morgan fingerprint density at radius 3 is 2.29 bits per heavy atom. The van der Waals surface area contributed by atoms with E-state index in [4.69, 9.17) is 0 Å². The highest BCUT2D eigenvalue weighted by Gasteiger charge is 2.22. The van der Waals surface area contributed by atoms with E-state index in [1.54, 1.807) is 6.07 Å². The van der Waals surface area contributed by atoms with Gasteiger partial charge in [-0.15, -0.1) is 0 Å². The molecule has 0 atom stereocenters. The molecule has 1 fully saturated rings. The van der Waals surface area contributed by atoms with Crippen molar-refractivity contribution in [3.05, 3.63) is 30.1 Å². The summed E-state index contributed by atoms with van der Waals surface area (Å²) in [7, 11) is 0. The van der Waals surface area contributed by atoms with Gasteiger partial charge in [-0.25, -0.2) is 9.90 Å². The third kappa shape index (κ3) is 5.45. The van der Waals surface area contributed by atoms with Crippen LogP contribution < -0.4 is 0 Å². The first-order valence-corrected chi connectivity index (χ1v) is 5.85. The van der Waals surface area contributed by atoms with Gasteiger partial charge in [0.1, 0.15) is 0 Å². The fourth-order valence-corrected chi connectivity index (χ4v) is 1.80. The summed E-state index contributed by atoms with van der Waals surface area (Å²) in [5, 5.41) is 19.4. The van der Waals surface area contributed by atoms with Crippen LogP contribution in [0.3, 0.4) is 0 Å². The van der Waals surface area contributed by atoms with Gasteiger partial charge in [-0.1, -0.05) is 19.3 Å². The summed E-state index contributed by atoms with van der Waals surface area (Å²) in [4.78, 5) is 13.6. The molecule has 1 radical (unpaired) electrons. The normalized spacial score (nSPS) is 17.8. The van der Waals surface area contributed by atoms with Crippen LogP contribution in [0.25, 0.3) is 0 Å². The SMILES string of the molecule is CC1(O)CCCCC1.[O]C(=O)c1cccnc1. The van der Waals surface area contributed by atoms with E-state index in [9.17, 15) is 15.0 Å². The Labute approximate surface area is 101 Å². The molecule has 1 N–H and O–H groups in total. The van der Waals surface area contributed by atoms with Crippen molar-refractivity contribution >= 4 is 5.97 Å². The van der Waals surface area contributed by atoms with Crippen molar-refractivity contribution in [1.82, 2.24) is 4.98 Å². The van der Waals surface area contributed by atoms with Crippen LogP contribution >= 0.6 is 0 Å². The first kappa shape index (κ1) is 13.6. The van der Waals surface area contributed by atoms with Gasteiger partial charge in [0, 0.05) is 12.4 Å². The van der Waals surface area contributed by atoms with E-state index in [1.165, 1.54) is 37.7 Å². The number of hydrogen-bond acceptors (Lipinski definition) is 3. The van der Waals surface area contributed by atoms with Crippen molar-refractivity contribution in [2.75, 3.05) is 0 Å². The average Bonchev–Trinajstić information content (AvgIpc) is 2.30. The second-order valence-corrected chi connectivity index (χ2v) is 4.59. The van der Waals surface area contributed by atoms with Gasteiger partial charge in [0.2, 0.25) is 0 Å².